The van der Waals surface area contributed by atoms with Crippen molar-refractivity contribution in [1.82, 2.24) is 9.71 Å². The molecule has 102 valence electrons. The number of nitrogens with one attached hydrogen (secondary N) is 2. The Balaban J connectivity index is 2.51. The zero-order valence-corrected chi connectivity index (χ0v) is 11.3. The Kier molecular flexibility index (Phi) is 6.03. The number of hydrazine groups is 1. The Hall–Kier alpha value is -1.18. The van der Waals surface area contributed by atoms with Crippen molar-refractivity contribution in [3.05, 3.63) is 18.3 Å². The first-order chi connectivity index (χ1) is 8.60. The van der Waals surface area contributed by atoms with Gasteiger partial charge in [-0.3, -0.25) is 0 Å². The van der Waals surface area contributed by atoms with Crippen LogP contribution in [-0.4, -0.2) is 19.9 Å². The minimum Gasteiger partial charge on any atom is -0.308 e. The van der Waals surface area contributed by atoms with E-state index in [9.17, 15) is 8.42 Å². The summed E-state index contributed by atoms with van der Waals surface area (Å²) in [5.41, 5.74) is 2.35. The minimum atomic E-state index is -3.45. The molecule has 1 heterocycles. The van der Waals surface area contributed by atoms with Gasteiger partial charge in [0.15, 0.2) is 0 Å². The van der Waals surface area contributed by atoms with Crippen LogP contribution in [0.3, 0.4) is 0 Å². The van der Waals surface area contributed by atoms with Crippen molar-refractivity contribution in [2.75, 3.05) is 12.0 Å². The fourth-order valence-corrected chi connectivity index (χ4v) is 2.48. The highest BCUT2D eigenvalue weighted by Gasteiger charge is 2.13. The van der Waals surface area contributed by atoms with Gasteiger partial charge in [-0.2, -0.15) is 0 Å². The third-order valence-corrected chi connectivity index (χ3v) is 3.96. The summed E-state index contributed by atoms with van der Waals surface area (Å²) in [6.45, 7) is 2.57. The largest absolute Gasteiger partial charge is 0.308 e. The van der Waals surface area contributed by atoms with Gasteiger partial charge in [-0.25, -0.2) is 24.0 Å². The topological polar surface area (TPSA) is 97.1 Å². The van der Waals surface area contributed by atoms with E-state index in [0.717, 1.165) is 25.7 Å². The van der Waals surface area contributed by atoms with Gasteiger partial charge in [0.2, 0.25) is 10.0 Å². The molecule has 18 heavy (non-hydrogen) atoms. The van der Waals surface area contributed by atoms with Crippen LogP contribution in [0.15, 0.2) is 23.2 Å². The number of aromatic nitrogens is 1. The number of nitrogen functional groups attached to an aromatic ring is 1. The van der Waals surface area contributed by atoms with Crippen molar-refractivity contribution in [3.8, 4) is 0 Å². The van der Waals surface area contributed by atoms with E-state index in [-0.39, 0.29) is 4.90 Å². The second-order valence-corrected chi connectivity index (χ2v) is 5.75. The molecule has 7 heteroatoms. The van der Waals surface area contributed by atoms with E-state index in [1.54, 1.807) is 0 Å². The summed E-state index contributed by atoms with van der Waals surface area (Å²) in [6.07, 6.45) is 5.42. The Morgan fingerprint density at radius 2 is 2.06 bits per heavy atom. The van der Waals surface area contributed by atoms with Crippen LogP contribution in [0, 0.1) is 0 Å². The van der Waals surface area contributed by atoms with Crippen LogP contribution < -0.4 is 16.0 Å². The summed E-state index contributed by atoms with van der Waals surface area (Å²) in [7, 11) is -3.45. The van der Waals surface area contributed by atoms with Gasteiger partial charge in [0, 0.05) is 12.7 Å². The Labute approximate surface area is 108 Å². The predicted octanol–water partition coefficient (Wildman–Crippen LogP) is 1.23. The molecule has 1 aromatic heterocycles. The molecule has 0 bridgehead atoms. The first kappa shape index (κ1) is 14.9. The fraction of sp³-hybridized carbons (Fsp3) is 0.545. The number of nitrogens with two attached hydrogens (primary N) is 1. The maximum atomic E-state index is 11.9. The maximum Gasteiger partial charge on any atom is 0.242 e. The summed E-state index contributed by atoms with van der Waals surface area (Å²) in [6, 6.07) is 2.99. The Morgan fingerprint density at radius 1 is 1.28 bits per heavy atom. The first-order valence-corrected chi connectivity index (χ1v) is 7.51. The monoisotopic (exact) mass is 272 g/mol. The lowest BCUT2D eigenvalue weighted by atomic mass is 10.2. The molecular formula is C11H20N4O2S. The average Bonchev–Trinajstić information content (AvgIpc) is 2.38. The van der Waals surface area contributed by atoms with Gasteiger partial charge in [-0.05, 0) is 18.6 Å². The third-order valence-electron chi connectivity index (χ3n) is 2.52. The number of pyridine rings is 1. The maximum absolute atomic E-state index is 11.9. The fourth-order valence-electron chi connectivity index (χ4n) is 1.47. The molecule has 4 N–H and O–H groups in total. The summed E-state index contributed by atoms with van der Waals surface area (Å²) < 4.78 is 26.3. The van der Waals surface area contributed by atoms with E-state index in [4.69, 9.17) is 5.84 Å². The molecule has 0 saturated carbocycles. The highest BCUT2D eigenvalue weighted by Crippen LogP contribution is 2.09. The van der Waals surface area contributed by atoms with Gasteiger partial charge < -0.3 is 5.43 Å². The zero-order valence-electron chi connectivity index (χ0n) is 10.5. The van der Waals surface area contributed by atoms with Crippen molar-refractivity contribution >= 4 is 15.8 Å². The molecule has 0 fully saturated rings. The van der Waals surface area contributed by atoms with Crippen molar-refractivity contribution in [2.24, 2.45) is 5.84 Å². The van der Waals surface area contributed by atoms with Crippen LogP contribution >= 0.6 is 0 Å². The molecule has 0 saturated heterocycles. The van der Waals surface area contributed by atoms with Gasteiger partial charge in [-0.1, -0.05) is 26.2 Å². The second kappa shape index (κ2) is 7.30. The van der Waals surface area contributed by atoms with E-state index in [1.807, 2.05) is 0 Å². The normalized spacial score (nSPS) is 11.4. The van der Waals surface area contributed by atoms with Crippen molar-refractivity contribution in [1.29, 1.82) is 0 Å². The highest BCUT2D eigenvalue weighted by atomic mass is 32.2. The summed E-state index contributed by atoms with van der Waals surface area (Å²) in [5.74, 6) is 5.59. The van der Waals surface area contributed by atoms with Crippen molar-refractivity contribution < 1.29 is 8.42 Å². The summed E-state index contributed by atoms with van der Waals surface area (Å²) in [5, 5.41) is 0. The molecule has 0 radical (unpaired) electrons. The van der Waals surface area contributed by atoms with Crippen LogP contribution in [0.4, 0.5) is 5.82 Å². The minimum absolute atomic E-state index is 0.150. The highest BCUT2D eigenvalue weighted by molar-refractivity contribution is 7.89. The number of anilines is 1. The number of rotatable bonds is 8. The van der Waals surface area contributed by atoms with Gasteiger partial charge in [0.1, 0.15) is 10.7 Å². The molecule has 1 rings (SSSR count). The number of hydrogen-bond acceptors (Lipinski definition) is 5. The van der Waals surface area contributed by atoms with Crippen LogP contribution in [-0.2, 0) is 10.0 Å². The van der Waals surface area contributed by atoms with Gasteiger partial charge in [0.05, 0.1) is 0 Å². The summed E-state index contributed by atoms with van der Waals surface area (Å²) >= 11 is 0. The number of sulfonamides is 1. The number of nitrogens with zero attached hydrogens (tertiary/aromatic N) is 1. The van der Waals surface area contributed by atoms with E-state index < -0.39 is 10.0 Å². The average molecular weight is 272 g/mol. The zero-order chi connectivity index (χ0) is 13.4. The molecular weight excluding hydrogens is 252 g/mol. The quantitative estimate of drug-likeness (QED) is 0.375. The molecule has 0 unspecified atom stereocenters. The standard InChI is InChI=1S/C11H20N4O2S/c1-2-3-4-5-8-14-18(16,17)10-6-7-11(15-12)13-9-10/h6-7,9,14H,2-5,8,12H2,1H3,(H,13,15). The molecule has 0 aliphatic rings. The number of hydrogen-bond donors (Lipinski definition) is 3. The van der Waals surface area contributed by atoms with Crippen LogP contribution in [0.25, 0.3) is 0 Å². The lowest BCUT2D eigenvalue weighted by Gasteiger charge is -2.06. The second-order valence-electron chi connectivity index (χ2n) is 3.98. The SMILES string of the molecule is CCCCCCNS(=O)(=O)c1ccc(NN)nc1. The van der Waals surface area contributed by atoms with Crippen LogP contribution in [0.1, 0.15) is 32.6 Å². The molecule has 1 aromatic rings. The van der Waals surface area contributed by atoms with Gasteiger partial charge in [-0.15, -0.1) is 0 Å². The van der Waals surface area contributed by atoms with Gasteiger partial charge >= 0.3 is 0 Å². The lowest BCUT2D eigenvalue weighted by molar-refractivity contribution is 0.573. The Morgan fingerprint density at radius 3 is 2.61 bits per heavy atom. The Bertz CT molecular complexity index is 445. The molecule has 0 spiro atoms. The van der Waals surface area contributed by atoms with Crippen molar-refractivity contribution in [2.45, 2.75) is 37.5 Å². The van der Waals surface area contributed by atoms with E-state index in [2.05, 4.69) is 22.1 Å². The lowest BCUT2D eigenvalue weighted by Crippen LogP contribution is -2.25. The molecule has 0 aliphatic carbocycles. The van der Waals surface area contributed by atoms with Crippen LogP contribution in [0.2, 0.25) is 0 Å². The van der Waals surface area contributed by atoms with Crippen molar-refractivity contribution in [3.63, 3.8) is 0 Å². The predicted molar refractivity (Wildman–Crippen MR) is 71.4 cm³/mol. The summed E-state index contributed by atoms with van der Waals surface area (Å²) in [4.78, 5) is 4.02. The smallest absolute Gasteiger partial charge is 0.242 e. The molecule has 6 nitrogen and oxygen atoms in total. The molecule has 0 atom stereocenters. The van der Waals surface area contributed by atoms with E-state index in [1.165, 1.54) is 18.3 Å². The van der Waals surface area contributed by atoms with Gasteiger partial charge in [0.25, 0.3) is 0 Å². The van der Waals surface area contributed by atoms with E-state index >= 15 is 0 Å². The molecule has 0 aliphatic heterocycles. The first-order valence-electron chi connectivity index (χ1n) is 6.02. The third kappa shape index (κ3) is 4.59. The molecule has 0 aromatic carbocycles. The molecule has 0 amide bonds. The van der Waals surface area contributed by atoms with Crippen LogP contribution in [0.5, 0.6) is 0 Å². The number of unbranched alkanes of at least 4 members (excludes halogenated alkanes) is 3. The van der Waals surface area contributed by atoms with E-state index in [0.29, 0.717) is 12.4 Å².